The number of aromatic nitrogens is 1. The summed E-state index contributed by atoms with van der Waals surface area (Å²) < 4.78 is 0. The highest BCUT2D eigenvalue weighted by atomic mass is 28.3. The maximum atomic E-state index is 4.82. The van der Waals surface area contributed by atoms with Gasteiger partial charge in [0.25, 0.3) is 0 Å². The molecule has 1 aromatic heterocycles. The molecule has 0 N–H and O–H groups in total. The van der Waals surface area contributed by atoms with Crippen LogP contribution in [0.2, 0.25) is 19.6 Å². The molecule has 0 aliphatic heterocycles. The number of nitrogens with zero attached hydrogens (tertiary/aromatic N) is 1. The first-order valence-electron chi connectivity index (χ1n) is 9.08. The van der Waals surface area contributed by atoms with Gasteiger partial charge < -0.3 is 0 Å². The van der Waals surface area contributed by atoms with Gasteiger partial charge in [-0.15, -0.1) is 0 Å². The third-order valence-electron chi connectivity index (χ3n) is 4.86. The lowest BCUT2D eigenvalue weighted by Gasteiger charge is -2.22. The van der Waals surface area contributed by atoms with Gasteiger partial charge in [0.15, 0.2) is 0 Å². The van der Waals surface area contributed by atoms with E-state index < -0.39 is 8.07 Å². The molecule has 1 nitrogen and oxygen atoms in total. The van der Waals surface area contributed by atoms with Crippen LogP contribution in [-0.4, -0.2) is 13.1 Å². The highest BCUT2D eigenvalue weighted by Gasteiger charge is 2.23. The van der Waals surface area contributed by atoms with Crippen molar-refractivity contribution in [3.63, 3.8) is 0 Å². The molecule has 0 unspecified atom stereocenters. The van der Waals surface area contributed by atoms with Crippen molar-refractivity contribution in [2.75, 3.05) is 0 Å². The fraction of sp³-hybridized carbons (Fsp3) is 0.125. The molecule has 0 atom stereocenters. The van der Waals surface area contributed by atoms with Gasteiger partial charge in [0, 0.05) is 11.8 Å². The first-order chi connectivity index (χ1) is 12.5. The van der Waals surface area contributed by atoms with Gasteiger partial charge in [0.1, 0.15) is 0 Å². The van der Waals surface area contributed by atoms with Crippen LogP contribution in [-0.2, 0) is 0 Å². The van der Waals surface area contributed by atoms with Gasteiger partial charge in [-0.1, -0.05) is 92.4 Å². The summed E-state index contributed by atoms with van der Waals surface area (Å²) in [4.78, 5) is 4.82. The molecule has 2 heteroatoms. The van der Waals surface area contributed by atoms with E-state index in [9.17, 15) is 0 Å². The zero-order valence-electron chi connectivity index (χ0n) is 15.5. The summed E-state index contributed by atoms with van der Waals surface area (Å²) in [5, 5.41) is 4.00. The van der Waals surface area contributed by atoms with E-state index in [0.29, 0.717) is 0 Å². The zero-order valence-corrected chi connectivity index (χ0v) is 16.5. The monoisotopic (exact) mass is 353 g/mol. The van der Waals surface area contributed by atoms with Gasteiger partial charge in [-0.3, -0.25) is 4.98 Å². The largest absolute Gasteiger partial charge is 0.256 e. The molecule has 0 saturated carbocycles. The fourth-order valence-electron chi connectivity index (χ4n) is 3.50. The molecule has 0 radical (unpaired) electrons. The molecule has 0 saturated heterocycles. The second kappa shape index (κ2) is 6.54. The Bertz CT molecular complexity index is 1060. The molecular formula is C24H23NSi. The molecule has 0 fully saturated rings. The molecule has 0 aliphatic carbocycles. The third kappa shape index (κ3) is 3.09. The topological polar surface area (TPSA) is 12.9 Å². The van der Waals surface area contributed by atoms with Gasteiger partial charge in [0.2, 0.25) is 0 Å². The van der Waals surface area contributed by atoms with Crippen LogP contribution < -0.4 is 5.19 Å². The van der Waals surface area contributed by atoms with Crippen molar-refractivity contribution in [2.45, 2.75) is 19.6 Å². The Morgan fingerprint density at radius 1 is 0.692 bits per heavy atom. The highest BCUT2D eigenvalue weighted by Crippen LogP contribution is 2.31. The van der Waals surface area contributed by atoms with E-state index >= 15 is 0 Å². The van der Waals surface area contributed by atoms with Crippen LogP contribution in [0.15, 0.2) is 85.1 Å². The number of hydrogen-bond acceptors (Lipinski definition) is 1. The van der Waals surface area contributed by atoms with Crippen LogP contribution in [0.3, 0.4) is 0 Å². The van der Waals surface area contributed by atoms with Crippen molar-refractivity contribution < 1.29 is 0 Å². The molecule has 0 bridgehead atoms. The van der Waals surface area contributed by atoms with Crippen LogP contribution in [0.25, 0.3) is 33.2 Å². The Balaban J connectivity index is 2.01. The van der Waals surface area contributed by atoms with Gasteiger partial charge in [0.05, 0.1) is 13.8 Å². The molecule has 4 rings (SSSR count). The Morgan fingerprint density at radius 3 is 2.15 bits per heavy atom. The normalized spacial score (nSPS) is 11.7. The maximum absolute atomic E-state index is 4.82. The summed E-state index contributed by atoms with van der Waals surface area (Å²) in [6.45, 7) is 7.17. The van der Waals surface area contributed by atoms with Crippen LogP contribution in [0.5, 0.6) is 0 Å². The Morgan fingerprint density at radius 2 is 1.38 bits per heavy atom. The molecular weight excluding hydrogens is 330 g/mol. The van der Waals surface area contributed by atoms with E-state index in [-0.39, 0.29) is 0 Å². The maximum Gasteiger partial charge on any atom is 0.0804 e. The number of pyridine rings is 1. The van der Waals surface area contributed by atoms with Gasteiger partial charge in [-0.05, 0) is 33.2 Å². The van der Waals surface area contributed by atoms with Crippen LogP contribution in [0.4, 0.5) is 0 Å². The molecule has 4 aromatic rings. The predicted molar refractivity (Wildman–Crippen MR) is 116 cm³/mol. The fourth-order valence-corrected chi connectivity index (χ4v) is 4.97. The molecule has 0 spiro atoms. The Kier molecular flexibility index (Phi) is 4.21. The molecule has 3 aromatic carbocycles. The van der Waals surface area contributed by atoms with E-state index in [2.05, 4.69) is 98.6 Å². The number of fused-ring (bicyclic) bond motifs is 1. The SMILES string of the molecule is C[Si](C)(C)c1cnc(-c2ccccc2)cc1-c1cccc2ccccc12. The Hall–Kier alpha value is -2.71. The van der Waals surface area contributed by atoms with Crippen LogP contribution >= 0.6 is 0 Å². The van der Waals surface area contributed by atoms with Gasteiger partial charge in [-0.25, -0.2) is 0 Å². The first kappa shape index (κ1) is 16.7. The number of hydrogen-bond donors (Lipinski definition) is 0. The smallest absolute Gasteiger partial charge is 0.0804 e. The van der Waals surface area contributed by atoms with E-state index in [1.807, 2.05) is 6.07 Å². The third-order valence-corrected chi connectivity index (χ3v) is 6.88. The van der Waals surface area contributed by atoms with Crippen molar-refractivity contribution in [1.82, 2.24) is 4.98 Å². The van der Waals surface area contributed by atoms with Gasteiger partial charge in [-0.2, -0.15) is 0 Å². The Labute approximate surface area is 156 Å². The lowest BCUT2D eigenvalue weighted by molar-refractivity contribution is 1.34. The second-order valence-corrected chi connectivity index (χ2v) is 12.8. The molecule has 26 heavy (non-hydrogen) atoms. The second-order valence-electron chi connectivity index (χ2n) is 7.76. The van der Waals surface area contributed by atoms with E-state index in [0.717, 1.165) is 11.3 Å². The van der Waals surface area contributed by atoms with Crippen molar-refractivity contribution in [3.05, 3.63) is 85.1 Å². The predicted octanol–water partition coefficient (Wildman–Crippen LogP) is 6.11. The van der Waals surface area contributed by atoms with Crippen molar-refractivity contribution >= 4 is 24.0 Å². The summed E-state index contributed by atoms with van der Waals surface area (Å²) in [5.74, 6) is 0. The average Bonchev–Trinajstić information content (AvgIpc) is 2.67. The highest BCUT2D eigenvalue weighted by molar-refractivity contribution is 6.89. The summed E-state index contributed by atoms with van der Waals surface area (Å²) in [5.41, 5.74) is 4.83. The minimum absolute atomic E-state index is 1.04. The average molecular weight is 354 g/mol. The summed E-state index contributed by atoms with van der Waals surface area (Å²) >= 11 is 0. The first-order valence-corrected chi connectivity index (χ1v) is 12.6. The lowest BCUT2D eigenvalue weighted by Crippen LogP contribution is -2.39. The summed E-state index contributed by atoms with van der Waals surface area (Å²) in [7, 11) is -1.53. The van der Waals surface area contributed by atoms with Gasteiger partial charge >= 0.3 is 0 Å². The van der Waals surface area contributed by atoms with Crippen molar-refractivity contribution in [3.8, 4) is 22.4 Å². The summed E-state index contributed by atoms with van der Waals surface area (Å²) in [6.07, 6.45) is 2.12. The minimum atomic E-state index is -1.53. The van der Waals surface area contributed by atoms with Crippen molar-refractivity contribution in [1.29, 1.82) is 0 Å². The quantitative estimate of drug-likeness (QED) is 0.405. The van der Waals surface area contributed by atoms with Crippen LogP contribution in [0, 0.1) is 0 Å². The van der Waals surface area contributed by atoms with E-state index in [4.69, 9.17) is 4.98 Å². The van der Waals surface area contributed by atoms with E-state index in [1.165, 1.54) is 27.1 Å². The standard InChI is InChI=1S/C24H23NSi/c1-26(2,3)24-17-25-23(19-11-5-4-6-12-19)16-22(24)21-15-9-13-18-10-7-8-14-20(18)21/h4-17H,1-3H3. The molecule has 1 heterocycles. The number of benzene rings is 3. The molecule has 0 aliphatic rings. The van der Waals surface area contributed by atoms with Crippen molar-refractivity contribution in [2.24, 2.45) is 0 Å². The van der Waals surface area contributed by atoms with Crippen LogP contribution in [0.1, 0.15) is 0 Å². The molecule has 128 valence electrons. The van der Waals surface area contributed by atoms with E-state index in [1.54, 1.807) is 0 Å². The summed E-state index contributed by atoms with van der Waals surface area (Å²) in [6, 6.07) is 28.0. The lowest BCUT2D eigenvalue weighted by atomic mass is 9.97. The zero-order chi connectivity index (χ0) is 18.1. The minimum Gasteiger partial charge on any atom is -0.256 e. The molecule has 0 amide bonds. The number of rotatable bonds is 3.